The molecule has 0 aromatic heterocycles. The van der Waals surface area contributed by atoms with Crippen LogP contribution in [0.5, 0.6) is 0 Å². The fourth-order valence-corrected chi connectivity index (χ4v) is 1.89. The summed E-state index contributed by atoms with van der Waals surface area (Å²) >= 11 is 5.90. The molecule has 0 N–H and O–H groups in total. The molecular formula is C14H17ClO4. The zero-order chi connectivity index (χ0) is 14.3. The van der Waals surface area contributed by atoms with Crippen LogP contribution in [0.25, 0.3) is 0 Å². The van der Waals surface area contributed by atoms with Gasteiger partial charge in [0.25, 0.3) is 0 Å². The Morgan fingerprint density at radius 2 is 1.89 bits per heavy atom. The SMILES string of the molecule is CCOC(=O)C[C@@H](C(=O)OCC)c1cccc(Cl)c1. The van der Waals surface area contributed by atoms with Crippen molar-refractivity contribution in [1.29, 1.82) is 0 Å². The minimum atomic E-state index is -0.683. The van der Waals surface area contributed by atoms with E-state index in [1.54, 1.807) is 38.1 Å². The summed E-state index contributed by atoms with van der Waals surface area (Å²) in [5.74, 6) is -1.56. The number of halogens is 1. The third-order valence-electron chi connectivity index (χ3n) is 2.50. The van der Waals surface area contributed by atoms with Crippen LogP contribution in [0, 0.1) is 0 Å². The maximum atomic E-state index is 11.9. The second kappa shape index (κ2) is 7.79. The van der Waals surface area contributed by atoms with Gasteiger partial charge in [-0.05, 0) is 31.5 Å². The van der Waals surface area contributed by atoms with Crippen molar-refractivity contribution in [2.75, 3.05) is 13.2 Å². The lowest BCUT2D eigenvalue weighted by molar-refractivity contribution is -0.151. The van der Waals surface area contributed by atoms with Crippen LogP contribution >= 0.6 is 11.6 Å². The van der Waals surface area contributed by atoms with Crippen LogP contribution in [0.3, 0.4) is 0 Å². The van der Waals surface area contributed by atoms with Gasteiger partial charge in [0.2, 0.25) is 0 Å². The standard InChI is InChI=1S/C14H17ClO4/c1-3-18-13(16)9-12(14(17)19-4-2)10-6-5-7-11(15)8-10/h5-8,12H,3-4,9H2,1-2H3/t12-/m1/s1. The zero-order valence-corrected chi connectivity index (χ0v) is 11.8. The predicted octanol–water partition coefficient (Wildman–Crippen LogP) is 2.94. The quantitative estimate of drug-likeness (QED) is 0.754. The number of hydrogen-bond donors (Lipinski definition) is 0. The van der Waals surface area contributed by atoms with Crippen LogP contribution in [0.1, 0.15) is 31.7 Å². The summed E-state index contributed by atoms with van der Waals surface area (Å²) in [5.41, 5.74) is 0.652. The van der Waals surface area contributed by atoms with E-state index in [4.69, 9.17) is 21.1 Å². The normalized spacial score (nSPS) is 11.7. The molecule has 1 rings (SSSR count). The summed E-state index contributed by atoms with van der Waals surface area (Å²) in [5, 5.41) is 0.510. The van der Waals surface area contributed by atoms with Gasteiger partial charge in [-0.2, -0.15) is 0 Å². The average molecular weight is 285 g/mol. The first-order valence-electron chi connectivity index (χ1n) is 6.16. The van der Waals surface area contributed by atoms with Crippen LogP contribution in [-0.2, 0) is 19.1 Å². The van der Waals surface area contributed by atoms with Crippen molar-refractivity contribution in [3.63, 3.8) is 0 Å². The number of benzene rings is 1. The van der Waals surface area contributed by atoms with Gasteiger partial charge >= 0.3 is 11.9 Å². The van der Waals surface area contributed by atoms with Crippen LogP contribution < -0.4 is 0 Å². The summed E-state index contributed by atoms with van der Waals surface area (Å²) in [6.45, 7) is 3.98. The Kier molecular flexibility index (Phi) is 6.36. The highest BCUT2D eigenvalue weighted by molar-refractivity contribution is 6.30. The van der Waals surface area contributed by atoms with Crippen molar-refractivity contribution in [3.05, 3.63) is 34.9 Å². The highest BCUT2D eigenvalue weighted by atomic mass is 35.5. The van der Waals surface area contributed by atoms with Crippen molar-refractivity contribution in [2.24, 2.45) is 0 Å². The summed E-state index contributed by atoms with van der Waals surface area (Å²) in [6, 6.07) is 6.84. The van der Waals surface area contributed by atoms with E-state index in [1.165, 1.54) is 0 Å². The molecule has 19 heavy (non-hydrogen) atoms. The lowest BCUT2D eigenvalue weighted by Crippen LogP contribution is -2.20. The molecular weight excluding hydrogens is 268 g/mol. The van der Waals surface area contributed by atoms with Gasteiger partial charge in [-0.1, -0.05) is 23.7 Å². The van der Waals surface area contributed by atoms with E-state index in [1.807, 2.05) is 0 Å². The first-order chi connectivity index (χ1) is 9.08. The largest absolute Gasteiger partial charge is 0.466 e. The van der Waals surface area contributed by atoms with Gasteiger partial charge in [-0.25, -0.2) is 0 Å². The van der Waals surface area contributed by atoms with Gasteiger partial charge in [0.15, 0.2) is 0 Å². The Morgan fingerprint density at radius 3 is 2.47 bits per heavy atom. The van der Waals surface area contributed by atoms with Gasteiger partial charge < -0.3 is 9.47 Å². The molecule has 0 saturated heterocycles. The first-order valence-corrected chi connectivity index (χ1v) is 6.54. The Hall–Kier alpha value is -1.55. The van der Waals surface area contributed by atoms with Gasteiger partial charge in [-0.3, -0.25) is 9.59 Å². The fourth-order valence-electron chi connectivity index (χ4n) is 1.69. The van der Waals surface area contributed by atoms with Crippen LogP contribution in [-0.4, -0.2) is 25.2 Å². The Labute approximate surface area is 117 Å². The van der Waals surface area contributed by atoms with Crippen molar-refractivity contribution in [2.45, 2.75) is 26.2 Å². The molecule has 0 radical (unpaired) electrons. The van der Waals surface area contributed by atoms with E-state index in [2.05, 4.69) is 0 Å². The number of hydrogen-bond acceptors (Lipinski definition) is 4. The number of ether oxygens (including phenoxy) is 2. The summed E-state index contributed by atoms with van der Waals surface area (Å²) < 4.78 is 9.86. The smallest absolute Gasteiger partial charge is 0.313 e. The molecule has 1 atom stereocenters. The lowest BCUT2D eigenvalue weighted by Gasteiger charge is -2.15. The molecule has 0 heterocycles. The lowest BCUT2D eigenvalue weighted by atomic mass is 9.96. The maximum Gasteiger partial charge on any atom is 0.313 e. The molecule has 0 unspecified atom stereocenters. The van der Waals surface area contributed by atoms with E-state index in [9.17, 15) is 9.59 Å². The van der Waals surface area contributed by atoms with Gasteiger partial charge in [0.1, 0.15) is 0 Å². The molecule has 0 amide bonds. The van der Waals surface area contributed by atoms with Crippen molar-refractivity contribution in [3.8, 4) is 0 Å². The highest BCUT2D eigenvalue weighted by Gasteiger charge is 2.25. The molecule has 0 bridgehead atoms. The van der Waals surface area contributed by atoms with E-state index in [0.29, 0.717) is 10.6 Å². The molecule has 0 aliphatic heterocycles. The fraction of sp³-hybridized carbons (Fsp3) is 0.429. The van der Waals surface area contributed by atoms with E-state index in [-0.39, 0.29) is 19.6 Å². The molecule has 104 valence electrons. The Balaban J connectivity index is 2.91. The molecule has 0 aliphatic carbocycles. The van der Waals surface area contributed by atoms with Crippen LogP contribution in [0.4, 0.5) is 0 Å². The van der Waals surface area contributed by atoms with Crippen molar-refractivity contribution >= 4 is 23.5 Å². The minimum absolute atomic E-state index is 0.0486. The Bertz CT molecular complexity index is 445. The molecule has 0 saturated carbocycles. The van der Waals surface area contributed by atoms with Crippen molar-refractivity contribution in [1.82, 2.24) is 0 Å². The van der Waals surface area contributed by atoms with Gasteiger partial charge in [0, 0.05) is 5.02 Å². The zero-order valence-electron chi connectivity index (χ0n) is 11.0. The summed E-state index contributed by atoms with van der Waals surface area (Å²) in [7, 11) is 0. The number of esters is 2. The van der Waals surface area contributed by atoms with E-state index in [0.717, 1.165) is 0 Å². The number of rotatable bonds is 6. The summed E-state index contributed by atoms with van der Waals surface area (Å²) in [6.07, 6.45) is -0.0486. The second-order valence-corrected chi connectivity index (χ2v) is 4.31. The first kappa shape index (κ1) is 15.5. The topological polar surface area (TPSA) is 52.6 Å². The Morgan fingerprint density at radius 1 is 1.21 bits per heavy atom. The number of carbonyl (C=O) groups excluding carboxylic acids is 2. The number of carbonyl (C=O) groups is 2. The molecule has 0 fully saturated rings. The predicted molar refractivity (Wildman–Crippen MR) is 72.1 cm³/mol. The van der Waals surface area contributed by atoms with Crippen LogP contribution in [0.2, 0.25) is 5.02 Å². The van der Waals surface area contributed by atoms with Gasteiger partial charge in [-0.15, -0.1) is 0 Å². The van der Waals surface area contributed by atoms with Crippen LogP contribution in [0.15, 0.2) is 24.3 Å². The minimum Gasteiger partial charge on any atom is -0.466 e. The van der Waals surface area contributed by atoms with Gasteiger partial charge in [0.05, 0.1) is 25.6 Å². The molecule has 1 aromatic carbocycles. The molecule has 5 heteroatoms. The molecule has 4 nitrogen and oxygen atoms in total. The maximum absolute atomic E-state index is 11.9. The highest BCUT2D eigenvalue weighted by Crippen LogP contribution is 2.24. The third-order valence-corrected chi connectivity index (χ3v) is 2.73. The molecule has 1 aromatic rings. The van der Waals surface area contributed by atoms with E-state index < -0.39 is 17.9 Å². The van der Waals surface area contributed by atoms with E-state index >= 15 is 0 Å². The average Bonchev–Trinajstić information content (AvgIpc) is 2.36. The third kappa shape index (κ3) is 4.91. The second-order valence-electron chi connectivity index (χ2n) is 3.87. The molecule has 0 aliphatic rings. The monoisotopic (exact) mass is 284 g/mol. The molecule has 0 spiro atoms. The summed E-state index contributed by atoms with van der Waals surface area (Å²) in [4.78, 5) is 23.5. The van der Waals surface area contributed by atoms with Crippen molar-refractivity contribution < 1.29 is 19.1 Å².